The minimum Gasteiger partial charge on any atom is -0.306 e. The van der Waals surface area contributed by atoms with Gasteiger partial charge in [-0.3, -0.25) is 10.1 Å². The molecule has 0 heterocycles. The van der Waals surface area contributed by atoms with Gasteiger partial charge in [-0.25, -0.2) is 0 Å². The highest BCUT2D eigenvalue weighted by Crippen LogP contribution is 2.16. The van der Waals surface area contributed by atoms with Crippen molar-refractivity contribution in [3.05, 3.63) is 75.3 Å². The van der Waals surface area contributed by atoms with E-state index in [1.54, 1.807) is 12.1 Å². The van der Waals surface area contributed by atoms with Crippen molar-refractivity contribution in [3.8, 4) is 0 Å². The van der Waals surface area contributed by atoms with Gasteiger partial charge in [-0.1, -0.05) is 42.0 Å². The van der Waals surface area contributed by atoms with Crippen LogP contribution in [0, 0.1) is 17.0 Å². The van der Waals surface area contributed by atoms with Crippen LogP contribution in [0.25, 0.3) is 0 Å². The van der Waals surface area contributed by atoms with Gasteiger partial charge in [-0.05, 0) is 25.0 Å². The van der Waals surface area contributed by atoms with Crippen molar-refractivity contribution in [1.29, 1.82) is 0 Å². The first-order valence-electron chi connectivity index (χ1n) is 6.59. The Labute approximate surface area is 118 Å². The van der Waals surface area contributed by atoms with Gasteiger partial charge in [0.15, 0.2) is 0 Å². The molecule has 0 aliphatic carbocycles. The Kier molecular flexibility index (Phi) is 4.48. The minimum absolute atomic E-state index is 0.132. The number of non-ortho nitro benzene ring substituents is 1. The second-order valence-electron chi connectivity index (χ2n) is 4.94. The normalized spacial score (nSPS) is 12.1. The molecule has 0 aliphatic rings. The SMILES string of the molecule is Cc1cccc([C@@H](C)NCc2cccc([N+](=O)[O-])c2)c1. The van der Waals surface area contributed by atoms with Crippen LogP contribution in [0.5, 0.6) is 0 Å². The summed E-state index contributed by atoms with van der Waals surface area (Å²) in [6.45, 7) is 4.76. The van der Waals surface area contributed by atoms with Crippen molar-refractivity contribution in [2.45, 2.75) is 26.4 Å². The zero-order valence-corrected chi connectivity index (χ0v) is 11.7. The molecule has 0 saturated carbocycles. The lowest BCUT2D eigenvalue weighted by molar-refractivity contribution is -0.384. The Morgan fingerprint density at radius 2 is 1.95 bits per heavy atom. The second kappa shape index (κ2) is 6.30. The Hall–Kier alpha value is -2.20. The maximum atomic E-state index is 10.7. The van der Waals surface area contributed by atoms with Crippen LogP contribution in [0.15, 0.2) is 48.5 Å². The summed E-state index contributed by atoms with van der Waals surface area (Å²) in [6, 6.07) is 15.3. The number of benzene rings is 2. The first-order chi connectivity index (χ1) is 9.56. The summed E-state index contributed by atoms with van der Waals surface area (Å²) >= 11 is 0. The standard InChI is InChI=1S/C16H18N2O2/c1-12-5-3-7-15(9-12)13(2)17-11-14-6-4-8-16(10-14)18(19)20/h3-10,13,17H,11H2,1-2H3/t13-/m1/s1. The fourth-order valence-electron chi connectivity index (χ4n) is 2.11. The summed E-state index contributed by atoms with van der Waals surface area (Å²) in [5, 5.41) is 14.1. The average molecular weight is 270 g/mol. The van der Waals surface area contributed by atoms with Gasteiger partial charge in [0, 0.05) is 24.7 Å². The summed E-state index contributed by atoms with van der Waals surface area (Å²) in [6.07, 6.45) is 0. The van der Waals surface area contributed by atoms with E-state index in [-0.39, 0.29) is 16.7 Å². The van der Waals surface area contributed by atoms with Gasteiger partial charge in [0.25, 0.3) is 5.69 Å². The highest BCUT2D eigenvalue weighted by atomic mass is 16.6. The molecule has 0 bridgehead atoms. The molecule has 0 aliphatic heterocycles. The Morgan fingerprint density at radius 1 is 1.20 bits per heavy atom. The number of aryl methyl sites for hydroxylation is 1. The number of hydrogen-bond acceptors (Lipinski definition) is 3. The third-order valence-corrected chi connectivity index (χ3v) is 3.28. The van der Waals surface area contributed by atoms with Gasteiger partial charge in [0.2, 0.25) is 0 Å². The zero-order chi connectivity index (χ0) is 14.5. The summed E-state index contributed by atoms with van der Waals surface area (Å²) in [5.74, 6) is 0. The topological polar surface area (TPSA) is 55.2 Å². The number of nitrogens with one attached hydrogen (secondary N) is 1. The average Bonchev–Trinajstić information content (AvgIpc) is 2.45. The van der Waals surface area contributed by atoms with Crippen molar-refractivity contribution in [2.75, 3.05) is 0 Å². The first kappa shape index (κ1) is 14.2. The maximum absolute atomic E-state index is 10.7. The monoisotopic (exact) mass is 270 g/mol. The van der Waals surface area contributed by atoms with Gasteiger partial charge in [-0.2, -0.15) is 0 Å². The molecule has 2 aromatic carbocycles. The van der Waals surface area contributed by atoms with Crippen LogP contribution in [-0.2, 0) is 6.54 Å². The van der Waals surface area contributed by atoms with Crippen LogP contribution in [0.2, 0.25) is 0 Å². The van der Waals surface area contributed by atoms with Crippen molar-refractivity contribution in [3.63, 3.8) is 0 Å². The fourth-order valence-corrected chi connectivity index (χ4v) is 2.11. The quantitative estimate of drug-likeness (QED) is 0.665. The highest BCUT2D eigenvalue weighted by molar-refractivity contribution is 5.34. The Bertz CT molecular complexity index is 611. The molecule has 104 valence electrons. The number of hydrogen-bond donors (Lipinski definition) is 1. The van der Waals surface area contributed by atoms with Crippen molar-refractivity contribution in [2.24, 2.45) is 0 Å². The van der Waals surface area contributed by atoms with E-state index in [0.717, 1.165) is 5.56 Å². The van der Waals surface area contributed by atoms with E-state index < -0.39 is 0 Å². The van der Waals surface area contributed by atoms with Crippen molar-refractivity contribution in [1.82, 2.24) is 5.32 Å². The van der Waals surface area contributed by atoms with Crippen molar-refractivity contribution >= 4 is 5.69 Å². The number of nitrogens with zero attached hydrogens (tertiary/aromatic N) is 1. The van der Waals surface area contributed by atoms with Gasteiger partial charge >= 0.3 is 0 Å². The molecule has 2 rings (SSSR count). The number of nitro benzene ring substituents is 1. The number of nitro groups is 1. The van der Waals surface area contributed by atoms with Crippen LogP contribution >= 0.6 is 0 Å². The van der Waals surface area contributed by atoms with Gasteiger partial charge in [-0.15, -0.1) is 0 Å². The lowest BCUT2D eigenvalue weighted by atomic mass is 10.1. The van der Waals surface area contributed by atoms with Gasteiger partial charge < -0.3 is 5.32 Å². The second-order valence-corrected chi connectivity index (χ2v) is 4.94. The highest BCUT2D eigenvalue weighted by Gasteiger charge is 2.08. The largest absolute Gasteiger partial charge is 0.306 e. The van der Waals surface area contributed by atoms with E-state index in [0.29, 0.717) is 6.54 Å². The maximum Gasteiger partial charge on any atom is 0.269 e. The molecule has 20 heavy (non-hydrogen) atoms. The van der Waals surface area contributed by atoms with Gasteiger partial charge in [0.1, 0.15) is 0 Å². The predicted octanol–water partition coefficient (Wildman–Crippen LogP) is 3.75. The molecule has 4 nitrogen and oxygen atoms in total. The van der Waals surface area contributed by atoms with E-state index in [4.69, 9.17) is 0 Å². The fraction of sp³-hybridized carbons (Fsp3) is 0.250. The summed E-state index contributed by atoms with van der Waals surface area (Å²) in [5.41, 5.74) is 3.49. The predicted molar refractivity (Wildman–Crippen MR) is 79.5 cm³/mol. The molecular formula is C16H18N2O2. The molecule has 0 spiro atoms. The van der Waals surface area contributed by atoms with Gasteiger partial charge in [0.05, 0.1) is 4.92 Å². The van der Waals surface area contributed by atoms with Crippen molar-refractivity contribution < 1.29 is 4.92 Å². The smallest absolute Gasteiger partial charge is 0.269 e. The molecule has 0 saturated heterocycles. The molecule has 0 aromatic heterocycles. The van der Waals surface area contributed by atoms with E-state index in [1.165, 1.54) is 17.2 Å². The molecule has 0 fully saturated rings. The summed E-state index contributed by atoms with van der Waals surface area (Å²) in [4.78, 5) is 10.4. The van der Waals surface area contributed by atoms with E-state index >= 15 is 0 Å². The first-order valence-corrected chi connectivity index (χ1v) is 6.59. The molecule has 4 heteroatoms. The molecule has 1 atom stereocenters. The van der Waals surface area contributed by atoms with E-state index in [1.807, 2.05) is 12.1 Å². The molecule has 2 aromatic rings. The van der Waals surface area contributed by atoms with Crippen LogP contribution in [-0.4, -0.2) is 4.92 Å². The third kappa shape index (κ3) is 3.65. The third-order valence-electron chi connectivity index (χ3n) is 3.28. The molecule has 0 radical (unpaired) electrons. The van der Waals surface area contributed by atoms with Crippen LogP contribution in [0.3, 0.4) is 0 Å². The molecular weight excluding hydrogens is 252 g/mol. The van der Waals surface area contributed by atoms with Crippen LogP contribution in [0.4, 0.5) is 5.69 Å². The minimum atomic E-state index is -0.368. The van der Waals surface area contributed by atoms with E-state index in [9.17, 15) is 10.1 Å². The Morgan fingerprint density at radius 3 is 2.65 bits per heavy atom. The number of rotatable bonds is 5. The lowest BCUT2D eigenvalue weighted by Crippen LogP contribution is -2.18. The molecule has 0 unspecified atom stereocenters. The molecule has 0 amide bonds. The zero-order valence-electron chi connectivity index (χ0n) is 11.7. The summed E-state index contributed by atoms with van der Waals surface area (Å²) < 4.78 is 0. The molecule has 1 N–H and O–H groups in total. The summed E-state index contributed by atoms with van der Waals surface area (Å²) in [7, 11) is 0. The van der Waals surface area contributed by atoms with Crippen LogP contribution in [0.1, 0.15) is 29.7 Å². The lowest BCUT2D eigenvalue weighted by Gasteiger charge is -2.14. The Balaban J connectivity index is 2.01. The van der Waals surface area contributed by atoms with Crippen LogP contribution < -0.4 is 5.32 Å². The van der Waals surface area contributed by atoms with E-state index in [2.05, 4.69) is 37.4 Å².